The molecule has 1 unspecified atom stereocenters. The quantitative estimate of drug-likeness (QED) is 0.833. The molecule has 1 heterocycles. The number of para-hydroxylation sites is 1. The molecule has 2 aromatic rings. The second-order valence-corrected chi connectivity index (χ2v) is 6.23. The maximum atomic E-state index is 4.35. The molecule has 0 radical (unpaired) electrons. The Balaban J connectivity index is 2.24. The lowest BCUT2D eigenvalue weighted by Gasteiger charge is -2.26. The minimum atomic E-state index is 0.413. The van der Waals surface area contributed by atoms with Gasteiger partial charge in [-0.15, -0.1) is 11.3 Å². The number of hydrogen-bond acceptors (Lipinski definition) is 4. The molecule has 0 spiro atoms. The fourth-order valence-electron chi connectivity index (χ4n) is 2.63. The van der Waals surface area contributed by atoms with E-state index in [0.717, 1.165) is 25.2 Å². The fourth-order valence-corrected chi connectivity index (χ4v) is 3.46. The SMILES string of the molecule is CCNC(CC)c1ccccc1N(C)Cc1scnc1C. The molecule has 1 aromatic heterocycles. The summed E-state index contributed by atoms with van der Waals surface area (Å²) in [4.78, 5) is 8.01. The molecule has 0 amide bonds. The molecule has 2 rings (SSSR count). The molecule has 0 bridgehead atoms. The van der Waals surface area contributed by atoms with Crippen LogP contribution in [0.4, 0.5) is 5.69 Å². The molecule has 0 saturated heterocycles. The average molecular weight is 303 g/mol. The Bertz CT molecular complexity index is 565. The van der Waals surface area contributed by atoms with E-state index in [1.54, 1.807) is 11.3 Å². The minimum absolute atomic E-state index is 0.413. The van der Waals surface area contributed by atoms with E-state index in [0.29, 0.717) is 6.04 Å². The zero-order valence-corrected chi connectivity index (χ0v) is 14.2. The number of benzene rings is 1. The molecule has 0 saturated carbocycles. The van der Waals surface area contributed by atoms with Crippen molar-refractivity contribution in [3.05, 3.63) is 45.9 Å². The van der Waals surface area contributed by atoms with E-state index in [4.69, 9.17) is 0 Å². The number of nitrogens with one attached hydrogen (secondary N) is 1. The summed E-state index contributed by atoms with van der Waals surface area (Å²) in [6.07, 6.45) is 1.10. The van der Waals surface area contributed by atoms with Gasteiger partial charge in [-0.25, -0.2) is 4.98 Å². The molecule has 0 aliphatic heterocycles. The molecule has 114 valence electrons. The van der Waals surface area contributed by atoms with Gasteiger partial charge in [0.15, 0.2) is 0 Å². The Morgan fingerprint density at radius 1 is 1.29 bits per heavy atom. The Morgan fingerprint density at radius 3 is 2.67 bits per heavy atom. The third-order valence-corrected chi connectivity index (χ3v) is 4.73. The summed E-state index contributed by atoms with van der Waals surface area (Å²) in [5, 5.41) is 3.58. The third kappa shape index (κ3) is 3.83. The predicted octanol–water partition coefficient (Wildman–Crippen LogP) is 4.15. The number of aromatic nitrogens is 1. The van der Waals surface area contributed by atoms with Crippen molar-refractivity contribution >= 4 is 17.0 Å². The summed E-state index contributed by atoms with van der Waals surface area (Å²) in [5.74, 6) is 0. The number of aryl methyl sites for hydroxylation is 1. The molecular formula is C17H25N3S. The highest BCUT2D eigenvalue weighted by Crippen LogP contribution is 2.29. The Kier molecular flexibility index (Phi) is 5.76. The topological polar surface area (TPSA) is 28.2 Å². The Labute approximate surface area is 132 Å². The first-order valence-corrected chi connectivity index (χ1v) is 8.47. The maximum absolute atomic E-state index is 4.35. The standard InChI is InChI=1S/C17H25N3S/c1-5-15(18-6-2)14-9-7-8-10-16(14)20(4)11-17-13(3)19-12-21-17/h7-10,12,15,18H,5-6,11H2,1-4H3. The molecule has 0 fully saturated rings. The monoisotopic (exact) mass is 303 g/mol. The number of thiazole rings is 1. The van der Waals surface area contributed by atoms with Gasteiger partial charge in [-0.1, -0.05) is 32.0 Å². The molecular weight excluding hydrogens is 278 g/mol. The van der Waals surface area contributed by atoms with Gasteiger partial charge in [-0.05, 0) is 31.5 Å². The van der Waals surface area contributed by atoms with Gasteiger partial charge in [-0.2, -0.15) is 0 Å². The van der Waals surface area contributed by atoms with Gasteiger partial charge in [0.25, 0.3) is 0 Å². The molecule has 3 nitrogen and oxygen atoms in total. The van der Waals surface area contributed by atoms with Gasteiger partial charge in [0.2, 0.25) is 0 Å². The predicted molar refractivity (Wildman–Crippen MR) is 92.1 cm³/mol. The molecule has 1 aromatic carbocycles. The van der Waals surface area contributed by atoms with Gasteiger partial charge in [0, 0.05) is 23.7 Å². The van der Waals surface area contributed by atoms with Crippen molar-refractivity contribution in [3.63, 3.8) is 0 Å². The van der Waals surface area contributed by atoms with Gasteiger partial charge >= 0.3 is 0 Å². The smallest absolute Gasteiger partial charge is 0.0798 e. The molecule has 4 heteroatoms. The van der Waals surface area contributed by atoms with Crippen molar-refractivity contribution in [1.82, 2.24) is 10.3 Å². The molecule has 1 atom stereocenters. The van der Waals surface area contributed by atoms with E-state index in [1.807, 2.05) is 5.51 Å². The zero-order valence-electron chi connectivity index (χ0n) is 13.4. The van der Waals surface area contributed by atoms with Crippen molar-refractivity contribution < 1.29 is 0 Å². The highest BCUT2D eigenvalue weighted by Gasteiger charge is 2.15. The largest absolute Gasteiger partial charge is 0.369 e. The summed E-state index contributed by atoms with van der Waals surface area (Å²) in [6.45, 7) is 8.38. The van der Waals surface area contributed by atoms with Crippen LogP contribution in [-0.4, -0.2) is 18.6 Å². The molecule has 0 aliphatic carbocycles. The highest BCUT2D eigenvalue weighted by atomic mass is 32.1. The third-order valence-electron chi connectivity index (χ3n) is 3.81. The number of nitrogens with zero attached hydrogens (tertiary/aromatic N) is 2. The van der Waals surface area contributed by atoms with Crippen LogP contribution in [0.3, 0.4) is 0 Å². The van der Waals surface area contributed by atoms with Crippen LogP contribution < -0.4 is 10.2 Å². The van der Waals surface area contributed by atoms with Crippen LogP contribution in [0.5, 0.6) is 0 Å². The van der Waals surface area contributed by atoms with E-state index >= 15 is 0 Å². The number of hydrogen-bond donors (Lipinski definition) is 1. The normalized spacial score (nSPS) is 12.4. The van der Waals surface area contributed by atoms with Crippen LogP contribution in [0.2, 0.25) is 0 Å². The first-order valence-electron chi connectivity index (χ1n) is 7.59. The summed E-state index contributed by atoms with van der Waals surface area (Å²) in [7, 11) is 2.16. The van der Waals surface area contributed by atoms with E-state index in [1.165, 1.54) is 16.1 Å². The maximum Gasteiger partial charge on any atom is 0.0798 e. The highest BCUT2D eigenvalue weighted by molar-refractivity contribution is 7.09. The summed E-state index contributed by atoms with van der Waals surface area (Å²) < 4.78 is 0. The lowest BCUT2D eigenvalue weighted by atomic mass is 10.0. The van der Waals surface area contributed by atoms with E-state index in [9.17, 15) is 0 Å². The minimum Gasteiger partial charge on any atom is -0.369 e. The second-order valence-electron chi connectivity index (χ2n) is 5.29. The van der Waals surface area contributed by atoms with Gasteiger partial charge < -0.3 is 10.2 Å². The van der Waals surface area contributed by atoms with Crippen LogP contribution >= 0.6 is 11.3 Å². The molecule has 21 heavy (non-hydrogen) atoms. The van der Waals surface area contributed by atoms with Crippen LogP contribution in [0, 0.1) is 6.92 Å². The van der Waals surface area contributed by atoms with E-state index in [2.05, 4.69) is 67.3 Å². The van der Waals surface area contributed by atoms with Crippen molar-refractivity contribution in [2.75, 3.05) is 18.5 Å². The zero-order chi connectivity index (χ0) is 15.2. The van der Waals surface area contributed by atoms with Crippen LogP contribution in [0.25, 0.3) is 0 Å². The Hall–Kier alpha value is -1.39. The van der Waals surface area contributed by atoms with Crippen LogP contribution in [-0.2, 0) is 6.54 Å². The van der Waals surface area contributed by atoms with Gasteiger partial charge in [0.1, 0.15) is 0 Å². The lowest BCUT2D eigenvalue weighted by Crippen LogP contribution is -2.24. The lowest BCUT2D eigenvalue weighted by molar-refractivity contribution is 0.537. The summed E-state index contributed by atoms with van der Waals surface area (Å²) in [6, 6.07) is 9.11. The van der Waals surface area contributed by atoms with Gasteiger partial charge in [-0.3, -0.25) is 0 Å². The number of anilines is 1. The second kappa shape index (κ2) is 7.57. The van der Waals surface area contributed by atoms with E-state index < -0.39 is 0 Å². The van der Waals surface area contributed by atoms with Crippen LogP contribution in [0.15, 0.2) is 29.8 Å². The molecule has 1 N–H and O–H groups in total. The van der Waals surface area contributed by atoms with Crippen molar-refractivity contribution in [3.8, 4) is 0 Å². The van der Waals surface area contributed by atoms with Crippen molar-refractivity contribution in [2.24, 2.45) is 0 Å². The van der Waals surface area contributed by atoms with Crippen molar-refractivity contribution in [2.45, 2.75) is 39.8 Å². The first kappa shape index (κ1) is 16.0. The first-order chi connectivity index (χ1) is 10.2. The Morgan fingerprint density at radius 2 is 2.05 bits per heavy atom. The van der Waals surface area contributed by atoms with E-state index in [-0.39, 0.29) is 0 Å². The average Bonchev–Trinajstić information content (AvgIpc) is 2.90. The number of rotatable bonds is 7. The van der Waals surface area contributed by atoms with Gasteiger partial charge in [0.05, 0.1) is 17.7 Å². The summed E-state index contributed by atoms with van der Waals surface area (Å²) in [5.41, 5.74) is 5.76. The van der Waals surface area contributed by atoms with Crippen LogP contribution in [0.1, 0.15) is 42.4 Å². The molecule has 0 aliphatic rings. The fraction of sp³-hybridized carbons (Fsp3) is 0.471. The van der Waals surface area contributed by atoms with Crippen molar-refractivity contribution in [1.29, 1.82) is 0 Å². The summed E-state index contributed by atoms with van der Waals surface area (Å²) >= 11 is 1.73.